The minimum absolute atomic E-state index is 0.180. The third kappa shape index (κ3) is 3.61. The second-order valence-corrected chi connectivity index (χ2v) is 6.87. The quantitative estimate of drug-likeness (QED) is 0.720. The van der Waals surface area contributed by atoms with Crippen molar-refractivity contribution in [1.29, 1.82) is 0 Å². The van der Waals surface area contributed by atoms with Crippen molar-refractivity contribution in [1.82, 2.24) is 14.9 Å². The maximum atomic E-state index is 12.0. The van der Waals surface area contributed by atoms with Gasteiger partial charge in [0.2, 0.25) is 5.91 Å². The number of hydrogen-bond donors (Lipinski definition) is 2. The first-order chi connectivity index (χ1) is 10.1. The number of rotatable bonds is 8. The van der Waals surface area contributed by atoms with E-state index in [1.165, 1.54) is 0 Å². The minimum atomic E-state index is -0.488. The van der Waals surface area contributed by atoms with Gasteiger partial charge in [0.1, 0.15) is 5.54 Å². The molecule has 21 heavy (non-hydrogen) atoms. The van der Waals surface area contributed by atoms with Crippen LogP contribution in [-0.2, 0) is 11.8 Å². The van der Waals surface area contributed by atoms with Crippen molar-refractivity contribution in [3.63, 3.8) is 0 Å². The first kappa shape index (κ1) is 16.4. The Bertz CT molecular complexity index is 476. The molecule has 1 aliphatic rings. The topological polar surface area (TPSA) is 72.9 Å². The smallest absolute Gasteiger partial charge is 0.238 e. The van der Waals surface area contributed by atoms with Crippen LogP contribution in [0.15, 0.2) is 17.6 Å². The van der Waals surface area contributed by atoms with Crippen molar-refractivity contribution in [2.75, 3.05) is 12.3 Å². The van der Waals surface area contributed by atoms with Gasteiger partial charge in [-0.3, -0.25) is 4.79 Å². The van der Waals surface area contributed by atoms with Gasteiger partial charge in [0.05, 0.1) is 0 Å². The molecule has 0 bridgehead atoms. The summed E-state index contributed by atoms with van der Waals surface area (Å²) in [4.78, 5) is 16.3. The molecular weight excluding hydrogens is 284 g/mol. The molecule has 1 aromatic heterocycles. The number of primary amides is 1. The van der Waals surface area contributed by atoms with E-state index in [2.05, 4.69) is 17.2 Å². The zero-order valence-electron chi connectivity index (χ0n) is 13.0. The molecule has 2 unspecified atom stereocenters. The molecule has 5 nitrogen and oxygen atoms in total. The third-order valence-electron chi connectivity index (χ3n) is 4.43. The summed E-state index contributed by atoms with van der Waals surface area (Å²) in [6, 6.07) is 0. The number of carbonyl (C=O) groups excluding carboxylic acids is 1. The SMILES string of the molecule is CCCNC1(C(N)=O)CCCC1CCSc1nccn1C. The number of amides is 1. The molecule has 0 spiro atoms. The molecule has 0 aliphatic heterocycles. The second kappa shape index (κ2) is 7.31. The van der Waals surface area contributed by atoms with Gasteiger partial charge in [0.15, 0.2) is 5.16 Å². The van der Waals surface area contributed by atoms with Crippen LogP contribution in [0.2, 0.25) is 0 Å². The highest BCUT2D eigenvalue weighted by molar-refractivity contribution is 7.99. The third-order valence-corrected chi connectivity index (χ3v) is 5.52. The van der Waals surface area contributed by atoms with Crippen LogP contribution in [0.3, 0.4) is 0 Å². The molecule has 1 amide bonds. The average Bonchev–Trinajstić information content (AvgIpc) is 3.04. The fourth-order valence-electron chi connectivity index (χ4n) is 3.24. The lowest BCUT2D eigenvalue weighted by molar-refractivity contribution is -0.126. The lowest BCUT2D eigenvalue weighted by Crippen LogP contribution is -2.58. The van der Waals surface area contributed by atoms with E-state index < -0.39 is 5.54 Å². The van der Waals surface area contributed by atoms with Crippen LogP contribution in [0.4, 0.5) is 0 Å². The number of nitrogens with one attached hydrogen (secondary N) is 1. The molecular formula is C15H26N4OS. The molecule has 118 valence electrons. The highest BCUT2D eigenvalue weighted by Gasteiger charge is 2.46. The van der Waals surface area contributed by atoms with Gasteiger partial charge >= 0.3 is 0 Å². The highest BCUT2D eigenvalue weighted by atomic mass is 32.2. The van der Waals surface area contributed by atoms with Crippen molar-refractivity contribution in [2.45, 2.75) is 49.7 Å². The van der Waals surface area contributed by atoms with Crippen molar-refractivity contribution < 1.29 is 4.79 Å². The van der Waals surface area contributed by atoms with Gasteiger partial charge in [0.25, 0.3) is 0 Å². The van der Waals surface area contributed by atoms with Crippen molar-refractivity contribution in [3.8, 4) is 0 Å². The molecule has 3 N–H and O–H groups in total. The second-order valence-electron chi connectivity index (χ2n) is 5.81. The van der Waals surface area contributed by atoms with E-state index in [4.69, 9.17) is 5.73 Å². The number of carbonyl (C=O) groups is 1. The summed E-state index contributed by atoms with van der Waals surface area (Å²) in [5, 5.41) is 4.47. The molecule has 1 aliphatic carbocycles. The average molecular weight is 310 g/mol. The Kier molecular flexibility index (Phi) is 5.70. The Morgan fingerprint density at radius 2 is 2.48 bits per heavy atom. The largest absolute Gasteiger partial charge is 0.368 e. The summed E-state index contributed by atoms with van der Waals surface area (Å²) in [5.74, 6) is 1.13. The van der Waals surface area contributed by atoms with Gasteiger partial charge in [-0.25, -0.2) is 4.98 Å². The Morgan fingerprint density at radius 1 is 1.67 bits per heavy atom. The van der Waals surface area contributed by atoms with Crippen molar-refractivity contribution in [2.24, 2.45) is 18.7 Å². The fourth-order valence-corrected chi connectivity index (χ4v) is 4.23. The van der Waals surface area contributed by atoms with E-state index in [-0.39, 0.29) is 5.91 Å². The molecule has 6 heteroatoms. The number of nitrogens with two attached hydrogens (primary N) is 1. The first-order valence-electron chi connectivity index (χ1n) is 7.75. The van der Waals surface area contributed by atoms with Crippen LogP contribution < -0.4 is 11.1 Å². The van der Waals surface area contributed by atoms with Gasteiger partial charge in [0, 0.05) is 25.2 Å². The van der Waals surface area contributed by atoms with Crippen molar-refractivity contribution in [3.05, 3.63) is 12.4 Å². The Hall–Kier alpha value is -1.01. The lowest BCUT2D eigenvalue weighted by atomic mass is 9.84. The predicted molar refractivity (Wildman–Crippen MR) is 86.1 cm³/mol. The van der Waals surface area contributed by atoms with Crippen LogP contribution in [-0.4, -0.2) is 33.3 Å². The molecule has 2 rings (SSSR count). The van der Waals surface area contributed by atoms with Crippen molar-refractivity contribution >= 4 is 17.7 Å². The van der Waals surface area contributed by atoms with Gasteiger partial charge in [-0.2, -0.15) is 0 Å². The number of hydrogen-bond acceptors (Lipinski definition) is 4. The van der Waals surface area contributed by atoms with Crippen LogP contribution in [0, 0.1) is 5.92 Å². The molecule has 0 aromatic carbocycles. The summed E-state index contributed by atoms with van der Waals surface area (Å²) in [5.41, 5.74) is 5.24. The Labute approximate surface area is 131 Å². The molecule has 1 fully saturated rings. The van der Waals surface area contributed by atoms with Gasteiger partial charge in [-0.05, 0) is 38.1 Å². The predicted octanol–water partition coefficient (Wildman–Crippen LogP) is 1.93. The monoisotopic (exact) mass is 310 g/mol. The minimum Gasteiger partial charge on any atom is -0.368 e. The maximum Gasteiger partial charge on any atom is 0.238 e. The van der Waals surface area contributed by atoms with E-state index >= 15 is 0 Å². The van der Waals surface area contributed by atoms with Crippen LogP contribution in [0.1, 0.15) is 39.0 Å². The van der Waals surface area contributed by atoms with E-state index in [0.717, 1.165) is 49.6 Å². The Balaban J connectivity index is 1.93. The number of nitrogens with zero attached hydrogens (tertiary/aromatic N) is 2. The maximum absolute atomic E-state index is 12.0. The van der Waals surface area contributed by atoms with Gasteiger partial charge in [-0.1, -0.05) is 25.1 Å². The van der Waals surface area contributed by atoms with Crippen LogP contribution >= 0.6 is 11.8 Å². The van der Waals surface area contributed by atoms with Gasteiger partial charge in [-0.15, -0.1) is 0 Å². The normalized spacial score (nSPS) is 25.3. The Morgan fingerprint density at radius 3 is 3.10 bits per heavy atom. The van der Waals surface area contributed by atoms with Crippen LogP contribution in [0.25, 0.3) is 0 Å². The number of thioether (sulfide) groups is 1. The summed E-state index contributed by atoms with van der Waals surface area (Å²) in [6.45, 7) is 2.97. The summed E-state index contributed by atoms with van der Waals surface area (Å²) in [6.07, 6.45) is 8.82. The summed E-state index contributed by atoms with van der Waals surface area (Å²) in [7, 11) is 2.00. The summed E-state index contributed by atoms with van der Waals surface area (Å²) >= 11 is 1.75. The standard InChI is InChI=1S/C15H26N4OS/c1-3-8-18-15(13(16)20)7-4-5-12(15)6-11-21-14-17-9-10-19(14)2/h9-10,12,18H,3-8,11H2,1-2H3,(H2,16,20). The number of aromatic nitrogens is 2. The van der Waals surface area contributed by atoms with E-state index in [9.17, 15) is 4.79 Å². The zero-order valence-corrected chi connectivity index (χ0v) is 13.8. The number of aryl methyl sites for hydroxylation is 1. The molecule has 1 saturated carbocycles. The van der Waals surface area contributed by atoms with Crippen LogP contribution in [0.5, 0.6) is 0 Å². The van der Waals surface area contributed by atoms with E-state index in [1.54, 1.807) is 11.8 Å². The molecule has 0 saturated heterocycles. The molecule has 1 aromatic rings. The molecule has 0 radical (unpaired) electrons. The summed E-state index contributed by atoms with van der Waals surface area (Å²) < 4.78 is 2.02. The van der Waals surface area contributed by atoms with E-state index in [0.29, 0.717) is 5.92 Å². The first-order valence-corrected chi connectivity index (χ1v) is 8.73. The molecule has 1 heterocycles. The highest BCUT2D eigenvalue weighted by Crippen LogP contribution is 2.39. The van der Waals surface area contributed by atoms with E-state index in [1.807, 2.05) is 24.0 Å². The zero-order chi connectivity index (χ0) is 15.3. The van der Waals surface area contributed by atoms with Gasteiger partial charge < -0.3 is 15.6 Å². The number of imidazole rings is 1. The fraction of sp³-hybridized carbons (Fsp3) is 0.733. The molecule has 2 atom stereocenters. The lowest BCUT2D eigenvalue weighted by Gasteiger charge is -2.33.